The summed E-state index contributed by atoms with van der Waals surface area (Å²) in [5.74, 6) is -0.0709. The Labute approximate surface area is 154 Å². The quantitative estimate of drug-likeness (QED) is 0.890. The van der Waals surface area contributed by atoms with E-state index in [4.69, 9.17) is 0 Å². The van der Waals surface area contributed by atoms with Crippen LogP contribution in [0.3, 0.4) is 0 Å². The topological polar surface area (TPSA) is 79.4 Å². The molecule has 1 aliphatic heterocycles. The van der Waals surface area contributed by atoms with Crippen LogP contribution in [0.5, 0.6) is 0 Å². The number of aryl methyl sites for hydroxylation is 2. The number of nitrogens with zero attached hydrogens (tertiary/aromatic N) is 2. The summed E-state index contributed by atoms with van der Waals surface area (Å²) in [5.41, 5.74) is 3.29. The lowest BCUT2D eigenvalue weighted by Crippen LogP contribution is -2.49. The summed E-state index contributed by atoms with van der Waals surface area (Å²) >= 11 is 0. The first kappa shape index (κ1) is 18.8. The number of piperidine rings is 1. The summed E-state index contributed by atoms with van der Waals surface area (Å²) in [6.45, 7) is 4.75. The Morgan fingerprint density at radius 1 is 1.27 bits per heavy atom. The smallest absolute Gasteiger partial charge is 0.256 e. The van der Waals surface area contributed by atoms with E-state index in [0.29, 0.717) is 17.8 Å². The number of nitrogens with one attached hydrogen (secondary N) is 1. The fourth-order valence-electron chi connectivity index (χ4n) is 3.49. The van der Waals surface area contributed by atoms with Gasteiger partial charge in [0.2, 0.25) is 10.0 Å². The van der Waals surface area contributed by atoms with Crippen molar-refractivity contribution < 1.29 is 13.2 Å². The normalized spacial score (nSPS) is 18.3. The molecule has 1 aliphatic rings. The van der Waals surface area contributed by atoms with Crippen LogP contribution in [-0.2, 0) is 10.0 Å². The van der Waals surface area contributed by atoms with Crippen LogP contribution < -0.4 is 4.72 Å². The van der Waals surface area contributed by atoms with Gasteiger partial charge in [0.05, 0.1) is 23.0 Å². The molecule has 0 saturated carbocycles. The third-order valence-electron chi connectivity index (χ3n) is 4.86. The number of benzene rings is 1. The number of likely N-dealkylation sites (tertiary alicyclic amines) is 1. The van der Waals surface area contributed by atoms with Gasteiger partial charge in [-0.3, -0.25) is 9.78 Å². The molecule has 26 heavy (non-hydrogen) atoms. The van der Waals surface area contributed by atoms with Crippen molar-refractivity contribution in [3.63, 3.8) is 0 Å². The van der Waals surface area contributed by atoms with Crippen molar-refractivity contribution in [3.05, 3.63) is 41.1 Å². The Bertz CT molecular complexity index is 940. The zero-order chi connectivity index (χ0) is 18.9. The first-order chi connectivity index (χ1) is 12.2. The second-order valence-electron chi connectivity index (χ2n) is 7.09. The first-order valence-corrected chi connectivity index (χ1v) is 10.8. The molecule has 2 heterocycles. The number of amides is 1. The maximum absolute atomic E-state index is 13.2. The van der Waals surface area contributed by atoms with Gasteiger partial charge in [0.1, 0.15) is 0 Å². The molecule has 1 amide bonds. The number of sulfonamides is 1. The Morgan fingerprint density at radius 2 is 2.04 bits per heavy atom. The lowest BCUT2D eigenvalue weighted by atomic mass is 10.00. The van der Waals surface area contributed by atoms with E-state index >= 15 is 0 Å². The Hall–Kier alpha value is -1.99. The van der Waals surface area contributed by atoms with Crippen LogP contribution in [0.2, 0.25) is 0 Å². The van der Waals surface area contributed by atoms with Gasteiger partial charge >= 0.3 is 0 Å². The van der Waals surface area contributed by atoms with Crippen molar-refractivity contribution in [1.82, 2.24) is 14.6 Å². The molecule has 6 nitrogen and oxygen atoms in total. The fraction of sp³-hybridized carbons (Fsp3) is 0.474. The summed E-state index contributed by atoms with van der Waals surface area (Å²) in [4.78, 5) is 19.6. The summed E-state index contributed by atoms with van der Waals surface area (Å²) in [7, 11) is -3.28. The van der Waals surface area contributed by atoms with Crippen molar-refractivity contribution in [2.45, 2.75) is 39.2 Å². The monoisotopic (exact) mass is 375 g/mol. The van der Waals surface area contributed by atoms with Crippen molar-refractivity contribution in [3.8, 4) is 0 Å². The highest BCUT2D eigenvalue weighted by Gasteiger charge is 2.29. The summed E-state index contributed by atoms with van der Waals surface area (Å²) < 4.78 is 25.4. The number of carbonyl (C=O) groups excluding carboxylic acids is 1. The number of rotatable bonds is 4. The number of aromatic nitrogens is 1. The lowest BCUT2D eigenvalue weighted by Gasteiger charge is -2.36. The number of hydrogen-bond donors (Lipinski definition) is 1. The molecular formula is C19H25N3O3S. The molecule has 1 saturated heterocycles. The molecule has 140 valence electrons. The first-order valence-electron chi connectivity index (χ1n) is 8.88. The highest BCUT2D eigenvalue weighted by molar-refractivity contribution is 7.88. The van der Waals surface area contributed by atoms with E-state index in [1.54, 1.807) is 4.90 Å². The zero-order valence-corrected chi connectivity index (χ0v) is 16.3. The molecule has 0 spiro atoms. The molecule has 3 rings (SSSR count). The Morgan fingerprint density at radius 3 is 2.77 bits per heavy atom. The van der Waals surface area contributed by atoms with Gasteiger partial charge < -0.3 is 4.90 Å². The van der Waals surface area contributed by atoms with E-state index in [-0.39, 0.29) is 18.5 Å². The molecule has 1 fully saturated rings. The maximum atomic E-state index is 13.2. The van der Waals surface area contributed by atoms with E-state index in [1.165, 1.54) is 0 Å². The molecule has 0 aliphatic carbocycles. The highest BCUT2D eigenvalue weighted by atomic mass is 32.2. The molecule has 2 aromatic rings. The third-order valence-corrected chi connectivity index (χ3v) is 5.55. The summed E-state index contributed by atoms with van der Waals surface area (Å²) in [6, 6.07) is 7.78. The maximum Gasteiger partial charge on any atom is 0.256 e. The van der Waals surface area contributed by atoms with Gasteiger partial charge in [0.15, 0.2) is 0 Å². The largest absolute Gasteiger partial charge is 0.334 e. The van der Waals surface area contributed by atoms with E-state index in [0.717, 1.165) is 42.0 Å². The van der Waals surface area contributed by atoms with Crippen molar-refractivity contribution in [2.24, 2.45) is 0 Å². The standard InChI is InChI=1S/C19H25N3O3S/c1-13-7-8-18-15(10-13)11-17(14(2)21-18)19(23)22-9-5-4-6-16(22)12-20-26(3,24)25/h7-8,10-11,16,20H,4-6,9,12H2,1-3H3/t16-/m1/s1. The molecule has 7 heteroatoms. The molecule has 0 unspecified atom stereocenters. The minimum Gasteiger partial charge on any atom is -0.334 e. The van der Waals surface area contributed by atoms with Crippen LogP contribution in [0.15, 0.2) is 24.3 Å². The molecule has 0 radical (unpaired) electrons. The SMILES string of the molecule is Cc1ccc2nc(C)c(C(=O)N3CCCC[C@@H]3CNS(C)(=O)=O)cc2c1. The van der Waals surface area contributed by atoms with Crippen molar-refractivity contribution in [1.29, 1.82) is 0 Å². The third kappa shape index (κ3) is 4.22. The number of carbonyl (C=O) groups is 1. The minimum absolute atomic E-state index is 0.0709. The second kappa shape index (κ2) is 7.32. The van der Waals surface area contributed by atoms with E-state index in [9.17, 15) is 13.2 Å². The van der Waals surface area contributed by atoms with Crippen LogP contribution in [0.1, 0.15) is 40.9 Å². The van der Waals surface area contributed by atoms with Gasteiger partial charge in [0.25, 0.3) is 5.91 Å². The Balaban J connectivity index is 1.90. The average molecular weight is 375 g/mol. The summed E-state index contributed by atoms with van der Waals surface area (Å²) in [5, 5.41) is 0.946. The minimum atomic E-state index is -3.28. The van der Waals surface area contributed by atoms with E-state index in [2.05, 4.69) is 9.71 Å². The van der Waals surface area contributed by atoms with Gasteiger partial charge in [-0.25, -0.2) is 13.1 Å². The number of fused-ring (bicyclic) bond motifs is 1. The second-order valence-corrected chi connectivity index (χ2v) is 8.92. The molecule has 1 aromatic carbocycles. The van der Waals surface area contributed by atoms with Crippen LogP contribution >= 0.6 is 0 Å². The number of pyridine rings is 1. The fourth-order valence-corrected chi connectivity index (χ4v) is 3.99. The molecular weight excluding hydrogens is 350 g/mol. The average Bonchev–Trinajstić information content (AvgIpc) is 2.59. The molecule has 1 atom stereocenters. The van der Waals surface area contributed by atoms with Gasteiger partial charge in [-0.1, -0.05) is 11.6 Å². The molecule has 1 N–H and O–H groups in total. The predicted octanol–water partition coefficient (Wildman–Crippen LogP) is 2.40. The van der Waals surface area contributed by atoms with Gasteiger partial charge in [-0.15, -0.1) is 0 Å². The molecule has 0 bridgehead atoms. The Kier molecular flexibility index (Phi) is 5.29. The van der Waals surface area contributed by atoms with Crippen LogP contribution in [-0.4, -0.2) is 49.6 Å². The van der Waals surface area contributed by atoms with Crippen LogP contribution in [0, 0.1) is 13.8 Å². The van der Waals surface area contributed by atoms with Crippen LogP contribution in [0.4, 0.5) is 0 Å². The van der Waals surface area contributed by atoms with Gasteiger partial charge in [0, 0.05) is 24.5 Å². The van der Waals surface area contributed by atoms with Gasteiger partial charge in [-0.2, -0.15) is 0 Å². The molecule has 1 aromatic heterocycles. The highest BCUT2D eigenvalue weighted by Crippen LogP contribution is 2.23. The van der Waals surface area contributed by atoms with E-state index in [1.807, 2.05) is 38.1 Å². The summed E-state index contributed by atoms with van der Waals surface area (Å²) in [6.07, 6.45) is 3.86. The predicted molar refractivity (Wildman–Crippen MR) is 103 cm³/mol. The van der Waals surface area contributed by atoms with Gasteiger partial charge in [-0.05, 0) is 51.3 Å². The van der Waals surface area contributed by atoms with Crippen molar-refractivity contribution in [2.75, 3.05) is 19.3 Å². The zero-order valence-electron chi connectivity index (χ0n) is 15.4. The lowest BCUT2D eigenvalue weighted by molar-refractivity contribution is 0.0617. The van der Waals surface area contributed by atoms with Crippen molar-refractivity contribution >= 4 is 26.8 Å². The van der Waals surface area contributed by atoms with E-state index < -0.39 is 10.0 Å². The number of hydrogen-bond acceptors (Lipinski definition) is 4. The van der Waals surface area contributed by atoms with Crippen LogP contribution in [0.25, 0.3) is 10.9 Å².